The van der Waals surface area contributed by atoms with Gasteiger partial charge in [0.05, 0.1) is 24.9 Å². The molecule has 2 aromatic carbocycles. The molecule has 1 amide bonds. The number of H-pyrrole nitrogens is 1. The van der Waals surface area contributed by atoms with E-state index in [1.807, 2.05) is 42.5 Å². The third-order valence-corrected chi connectivity index (χ3v) is 4.79. The second-order valence-electron chi connectivity index (χ2n) is 6.41. The lowest BCUT2D eigenvalue weighted by molar-refractivity contribution is 0.0928. The number of carbonyl (C=O) groups excluding carboxylic acids is 1. The second-order valence-corrected chi connectivity index (χ2v) is 6.41. The van der Waals surface area contributed by atoms with Crippen LogP contribution in [0.15, 0.2) is 54.6 Å². The quantitative estimate of drug-likeness (QED) is 0.675. The SMILES string of the molecule is COc1cccc(-c2cc(C(=O)N[C@H]3Cc4ccccc4[C@@H]3N)[nH]n2)c1. The molecule has 0 bridgehead atoms. The minimum absolute atomic E-state index is 0.122. The normalized spacial score (nSPS) is 18.4. The molecule has 0 aliphatic heterocycles. The predicted octanol–water partition coefficient (Wildman–Crippen LogP) is 2.44. The van der Waals surface area contributed by atoms with E-state index in [0.717, 1.165) is 23.3 Å². The number of rotatable bonds is 4. The summed E-state index contributed by atoms with van der Waals surface area (Å²) in [6.07, 6.45) is 0.736. The van der Waals surface area contributed by atoms with Crippen LogP contribution in [0.25, 0.3) is 11.3 Å². The number of hydrogen-bond donors (Lipinski definition) is 3. The Bertz CT molecular complexity index is 950. The maximum Gasteiger partial charge on any atom is 0.269 e. The van der Waals surface area contributed by atoms with Gasteiger partial charge in [0.15, 0.2) is 0 Å². The van der Waals surface area contributed by atoms with E-state index in [4.69, 9.17) is 10.5 Å². The highest BCUT2D eigenvalue weighted by atomic mass is 16.5. The largest absolute Gasteiger partial charge is 0.497 e. The lowest BCUT2D eigenvalue weighted by Crippen LogP contribution is -2.40. The molecule has 1 aliphatic carbocycles. The zero-order valence-electron chi connectivity index (χ0n) is 14.4. The molecule has 132 valence electrons. The van der Waals surface area contributed by atoms with Gasteiger partial charge in [-0.3, -0.25) is 9.89 Å². The Kier molecular flexibility index (Phi) is 4.18. The van der Waals surface area contributed by atoms with E-state index in [1.165, 1.54) is 5.56 Å². The highest BCUT2D eigenvalue weighted by molar-refractivity contribution is 5.93. The zero-order valence-corrected chi connectivity index (χ0v) is 14.4. The summed E-state index contributed by atoms with van der Waals surface area (Å²) < 4.78 is 5.23. The van der Waals surface area contributed by atoms with Gasteiger partial charge in [-0.1, -0.05) is 36.4 Å². The van der Waals surface area contributed by atoms with E-state index < -0.39 is 0 Å². The first-order chi connectivity index (χ1) is 12.7. The molecule has 2 atom stereocenters. The molecule has 4 N–H and O–H groups in total. The minimum Gasteiger partial charge on any atom is -0.497 e. The first kappa shape index (κ1) is 16.4. The molecule has 0 saturated heterocycles. The number of nitrogens with zero attached hydrogens (tertiary/aromatic N) is 1. The van der Waals surface area contributed by atoms with Crippen molar-refractivity contribution in [3.05, 3.63) is 71.4 Å². The Balaban J connectivity index is 1.49. The number of amides is 1. The van der Waals surface area contributed by atoms with Crippen LogP contribution >= 0.6 is 0 Å². The number of carbonyl (C=O) groups is 1. The number of benzene rings is 2. The van der Waals surface area contributed by atoms with Crippen molar-refractivity contribution >= 4 is 5.91 Å². The van der Waals surface area contributed by atoms with Gasteiger partial charge < -0.3 is 15.8 Å². The number of nitrogens with two attached hydrogens (primary N) is 1. The molecule has 0 saturated carbocycles. The van der Waals surface area contributed by atoms with Crippen LogP contribution in [-0.4, -0.2) is 29.3 Å². The first-order valence-corrected chi connectivity index (χ1v) is 8.50. The molecule has 1 aromatic heterocycles. The molecule has 4 rings (SSSR count). The van der Waals surface area contributed by atoms with Crippen LogP contribution < -0.4 is 15.8 Å². The molecular formula is C20H20N4O2. The lowest BCUT2D eigenvalue weighted by atomic mass is 10.1. The first-order valence-electron chi connectivity index (χ1n) is 8.50. The van der Waals surface area contributed by atoms with E-state index in [2.05, 4.69) is 21.6 Å². The van der Waals surface area contributed by atoms with Crippen molar-refractivity contribution in [3.8, 4) is 17.0 Å². The summed E-state index contributed by atoms with van der Waals surface area (Å²) in [5.74, 6) is 0.533. The van der Waals surface area contributed by atoms with Gasteiger partial charge >= 0.3 is 0 Å². The zero-order chi connectivity index (χ0) is 18.1. The van der Waals surface area contributed by atoms with Gasteiger partial charge in [-0.05, 0) is 35.7 Å². The number of methoxy groups -OCH3 is 1. The summed E-state index contributed by atoms with van der Waals surface area (Å²) in [5, 5.41) is 10.1. The molecule has 1 aliphatic rings. The van der Waals surface area contributed by atoms with E-state index in [0.29, 0.717) is 11.4 Å². The fourth-order valence-electron chi connectivity index (χ4n) is 3.38. The predicted molar refractivity (Wildman–Crippen MR) is 98.9 cm³/mol. The van der Waals surface area contributed by atoms with Crippen molar-refractivity contribution in [1.29, 1.82) is 0 Å². The fourth-order valence-corrected chi connectivity index (χ4v) is 3.38. The van der Waals surface area contributed by atoms with E-state index in [9.17, 15) is 4.79 Å². The molecule has 0 radical (unpaired) electrons. The monoisotopic (exact) mass is 348 g/mol. The standard InChI is InChI=1S/C20H20N4O2/c1-26-14-7-4-6-13(9-14)16-11-18(24-23-16)20(25)22-17-10-12-5-2-3-8-15(12)19(17)21/h2-9,11,17,19H,10,21H2,1H3,(H,22,25)(H,23,24)/t17-,19-/m0/s1. The number of fused-ring (bicyclic) bond motifs is 1. The van der Waals surface area contributed by atoms with Crippen LogP contribution in [0, 0.1) is 0 Å². The summed E-state index contributed by atoms with van der Waals surface area (Å²) in [6, 6.07) is 17.0. The topological polar surface area (TPSA) is 93.0 Å². The van der Waals surface area contributed by atoms with Gasteiger partial charge in [-0.25, -0.2) is 0 Å². The average molecular weight is 348 g/mol. The van der Waals surface area contributed by atoms with Crippen molar-refractivity contribution in [1.82, 2.24) is 15.5 Å². The van der Waals surface area contributed by atoms with Crippen LogP contribution in [-0.2, 0) is 6.42 Å². The van der Waals surface area contributed by atoms with Crippen LogP contribution in [0.2, 0.25) is 0 Å². The van der Waals surface area contributed by atoms with Gasteiger partial charge in [0.1, 0.15) is 11.4 Å². The summed E-state index contributed by atoms with van der Waals surface area (Å²) in [6.45, 7) is 0. The van der Waals surface area contributed by atoms with Crippen LogP contribution in [0.3, 0.4) is 0 Å². The number of aromatic nitrogens is 2. The summed E-state index contributed by atoms with van der Waals surface area (Å²) in [5.41, 5.74) is 10.6. The van der Waals surface area contributed by atoms with Crippen LogP contribution in [0.4, 0.5) is 0 Å². The highest BCUT2D eigenvalue weighted by Gasteiger charge is 2.31. The summed E-state index contributed by atoms with van der Waals surface area (Å²) in [4.78, 5) is 12.6. The Hall–Kier alpha value is -3.12. The smallest absolute Gasteiger partial charge is 0.269 e. The Morgan fingerprint density at radius 1 is 1.23 bits per heavy atom. The van der Waals surface area contributed by atoms with Crippen molar-refractivity contribution in [2.45, 2.75) is 18.5 Å². The molecular weight excluding hydrogens is 328 g/mol. The molecule has 1 heterocycles. The van der Waals surface area contributed by atoms with Gasteiger partial charge in [0, 0.05) is 5.56 Å². The Morgan fingerprint density at radius 2 is 2.08 bits per heavy atom. The van der Waals surface area contributed by atoms with Crippen molar-refractivity contribution < 1.29 is 9.53 Å². The number of hydrogen-bond acceptors (Lipinski definition) is 4. The summed E-state index contributed by atoms with van der Waals surface area (Å²) >= 11 is 0. The van der Waals surface area contributed by atoms with E-state index in [-0.39, 0.29) is 18.0 Å². The molecule has 0 fully saturated rings. The molecule has 0 unspecified atom stereocenters. The second kappa shape index (κ2) is 6.65. The van der Waals surface area contributed by atoms with E-state index >= 15 is 0 Å². The number of ether oxygens (including phenoxy) is 1. The molecule has 6 heteroatoms. The van der Waals surface area contributed by atoms with Crippen molar-refractivity contribution in [2.75, 3.05) is 7.11 Å². The summed E-state index contributed by atoms with van der Waals surface area (Å²) in [7, 11) is 1.62. The minimum atomic E-state index is -0.208. The Labute approximate surface area is 151 Å². The maximum atomic E-state index is 12.6. The van der Waals surface area contributed by atoms with Gasteiger partial charge in [0.2, 0.25) is 0 Å². The molecule has 6 nitrogen and oxygen atoms in total. The van der Waals surface area contributed by atoms with E-state index in [1.54, 1.807) is 13.2 Å². The van der Waals surface area contributed by atoms with Crippen molar-refractivity contribution in [3.63, 3.8) is 0 Å². The van der Waals surface area contributed by atoms with Gasteiger partial charge in [0.25, 0.3) is 5.91 Å². The Morgan fingerprint density at radius 3 is 2.88 bits per heavy atom. The van der Waals surface area contributed by atoms with Crippen molar-refractivity contribution in [2.24, 2.45) is 5.73 Å². The molecule has 3 aromatic rings. The lowest BCUT2D eigenvalue weighted by Gasteiger charge is -2.17. The third kappa shape index (κ3) is 2.95. The molecule has 0 spiro atoms. The van der Waals surface area contributed by atoms with Crippen LogP contribution in [0.5, 0.6) is 5.75 Å². The molecule has 26 heavy (non-hydrogen) atoms. The van der Waals surface area contributed by atoms with Gasteiger partial charge in [-0.2, -0.15) is 5.10 Å². The number of nitrogens with one attached hydrogen (secondary N) is 2. The average Bonchev–Trinajstić information content (AvgIpc) is 3.28. The third-order valence-electron chi connectivity index (χ3n) is 4.79. The maximum absolute atomic E-state index is 12.6. The van der Waals surface area contributed by atoms with Crippen LogP contribution in [0.1, 0.15) is 27.7 Å². The fraction of sp³-hybridized carbons (Fsp3) is 0.200. The number of aromatic amines is 1. The highest BCUT2D eigenvalue weighted by Crippen LogP contribution is 2.29. The van der Waals surface area contributed by atoms with Gasteiger partial charge in [-0.15, -0.1) is 0 Å².